The van der Waals surface area contributed by atoms with Gasteiger partial charge in [-0.1, -0.05) is 0 Å². The highest BCUT2D eigenvalue weighted by Crippen LogP contribution is 2.18. The molecule has 23 heavy (non-hydrogen) atoms. The van der Waals surface area contributed by atoms with Crippen molar-refractivity contribution in [1.82, 2.24) is 4.98 Å². The summed E-state index contributed by atoms with van der Waals surface area (Å²) in [6, 6.07) is 2.58. The minimum absolute atomic E-state index is 0.231. The molecular formula is C13H10FN3O5S. The van der Waals surface area contributed by atoms with Crippen LogP contribution in [-0.2, 0) is 9.53 Å². The molecular weight excluding hydrogens is 329 g/mol. The summed E-state index contributed by atoms with van der Waals surface area (Å²) in [6.45, 7) is 1.17. The van der Waals surface area contributed by atoms with Crippen LogP contribution in [0.2, 0.25) is 0 Å². The number of thiazole rings is 1. The van der Waals surface area contributed by atoms with E-state index in [-0.39, 0.29) is 5.56 Å². The zero-order valence-corrected chi connectivity index (χ0v) is 12.6. The number of rotatable bonds is 5. The Morgan fingerprint density at radius 2 is 2.22 bits per heavy atom. The fourth-order valence-corrected chi connectivity index (χ4v) is 2.27. The molecule has 1 aromatic carbocycles. The maximum Gasteiger partial charge on any atom is 0.338 e. The molecule has 0 aliphatic carbocycles. The fraction of sp³-hybridized carbons (Fsp3) is 0.154. The number of aromatic nitrogens is 1. The Labute approximate surface area is 133 Å². The molecule has 1 heterocycles. The first-order chi connectivity index (χ1) is 10.9. The summed E-state index contributed by atoms with van der Waals surface area (Å²) in [6.07, 6.45) is 0. The number of nitro groups is 1. The van der Waals surface area contributed by atoms with Gasteiger partial charge in [-0.25, -0.2) is 9.78 Å². The number of carbonyl (C=O) groups excluding carboxylic acids is 2. The van der Waals surface area contributed by atoms with Crippen LogP contribution in [0, 0.1) is 22.9 Å². The molecule has 0 spiro atoms. The van der Waals surface area contributed by atoms with E-state index in [1.54, 1.807) is 12.3 Å². The van der Waals surface area contributed by atoms with E-state index in [2.05, 4.69) is 10.3 Å². The number of nitrogens with zero attached hydrogens (tertiary/aromatic N) is 2. The number of halogens is 1. The Balaban J connectivity index is 1.93. The van der Waals surface area contributed by atoms with Gasteiger partial charge in [0.15, 0.2) is 11.7 Å². The number of benzene rings is 1. The van der Waals surface area contributed by atoms with Crippen LogP contribution >= 0.6 is 11.3 Å². The van der Waals surface area contributed by atoms with Crippen molar-refractivity contribution in [3.05, 3.63) is 50.8 Å². The Morgan fingerprint density at radius 1 is 1.48 bits per heavy atom. The molecule has 0 radical (unpaired) electrons. The van der Waals surface area contributed by atoms with Crippen molar-refractivity contribution in [2.45, 2.75) is 6.92 Å². The summed E-state index contributed by atoms with van der Waals surface area (Å²) in [7, 11) is 0. The molecule has 0 fully saturated rings. The molecule has 0 saturated carbocycles. The van der Waals surface area contributed by atoms with Gasteiger partial charge in [0, 0.05) is 11.4 Å². The van der Waals surface area contributed by atoms with Gasteiger partial charge in [0.25, 0.3) is 5.91 Å². The van der Waals surface area contributed by atoms with Gasteiger partial charge in [0.1, 0.15) is 0 Å². The van der Waals surface area contributed by atoms with E-state index in [4.69, 9.17) is 4.74 Å². The van der Waals surface area contributed by atoms with Crippen LogP contribution in [0.3, 0.4) is 0 Å². The second kappa shape index (κ2) is 6.92. The Morgan fingerprint density at radius 3 is 2.78 bits per heavy atom. The van der Waals surface area contributed by atoms with Crippen molar-refractivity contribution in [1.29, 1.82) is 0 Å². The van der Waals surface area contributed by atoms with E-state index in [9.17, 15) is 24.1 Å². The summed E-state index contributed by atoms with van der Waals surface area (Å²) in [5, 5.41) is 15.0. The van der Waals surface area contributed by atoms with E-state index in [1.807, 2.05) is 0 Å². The molecule has 0 atom stereocenters. The Hall–Kier alpha value is -2.88. The summed E-state index contributed by atoms with van der Waals surface area (Å²) in [5.74, 6) is -2.73. The molecule has 0 saturated heterocycles. The molecule has 0 unspecified atom stereocenters. The number of esters is 1. The van der Waals surface area contributed by atoms with Crippen LogP contribution in [0.5, 0.6) is 0 Å². The number of nitrogens with one attached hydrogen (secondary N) is 1. The van der Waals surface area contributed by atoms with Crippen molar-refractivity contribution >= 4 is 34.0 Å². The van der Waals surface area contributed by atoms with E-state index >= 15 is 0 Å². The largest absolute Gasteiger partial charge is 0.452 e. The molecule has 1 N–H and O–H groups in total. The molecule has 10 heteroatoms. The highest BCUT2D eigenvalue weighted by Gasteiger charge is 2.18. The number of anilines is 1. The molecule has 8 nitrogen and oxygen atoms in total. The van der Waals surface area contributed by atoms with Gasteiger partial charge in [-0.2, -0.15) is 4.39 Å². The molecule has 2 aromatic rings. The summed E-state index contributed by atoms with van der Waals surface area (Å²) in [4.78, 5) is 36.9. The summed E-state index contributed by atoms with van der Waals surface area (Å²) >= 11 is 1.22. The molecule has 1 amide bonds. The van der Waals surface area contributed by atoms with Gasteiger partial charge in [0.2, 0.25) is 5.82 Å². The first-order valence-corrected chi connectivity index (χ1v) is 7.08. The molecule has 1 aromatic heterocycles. The maximum atomic E-state index is 13.4. The molecule has 120 valence electrons. The second-order valence-corrected chi connectivity index (χ2v) is 5.20. The minimum atomic E-state index is -1.16. The lowest BCUT2D eigenvalue weighted by atomic mass is 10.2. The highest BCUT2D eigenvalue weighted by atomic mass is 32.1. The predicted octanol–water partition coefficient (Wildman–Crippen LogP) is 2.29. The van der Waals surface area contributed by atoms with Crippen LogP contribution in [0.25, 0.3) is 0 Å². The SMILES string of the molecule is Cc1csc(NC(=O)COC(=O)c2ccc([N+](=O)[O-])c(F)c2)n1. The first kappa shape index (κ1) is 16.5. The third kappa shape index (κ3) is 4.30. The standard InChI is InChI=1S/C13H10FN3O5S/c1-7-6-23-13(15-7)16-11(18)5-22-12(19)8-2-3-10(17(20)21)9(14)4-8/h2-4,6H,5H2,1H3,(H,15,16,18). The van der Waals surface area contributed by atoms with Gasteiger partial charge >= 0.3 is 11.7 Å². The van der Waals surface area contributed by atoms with Gasteiger partial charge in [-0.15, -0.1) is 11.3 Å². The first-order valence-electron chi connectivity index (χ1n) is 6.20. The third-order valence-corrected chi connectivity index (χ3v) is 3.46. The number of aryl methyl sites for hydroxylation is 1. The highest BCUT2D eigenvalue weighted by molar-refractivity contribution is 7.13. The van der Waals surface area contributed by atoms with Crippen molar-refractivity contribution in [2.75, 3.05) is 11.9 Å². The quantitative estimate of drug-likeness (QED) is 0.508. The number of hydrogen-bond donors (Lipinski definition) is 1. The van der Waals surface area contributed by atoms with Crippen LogP contribution in [0.15, 0.2) is 23.6 Å². The van der Waals surface area contributed by atoms with Crippen molar-refractivity contribution in [2.24, 2.45) is 0 Å². The second-order valence-electron chi connectivity index (χ2n) is 4.34. The average Bonchev–Trinajstić information content (AvgIpc) is 2.89. The lowest BCUT2D eigenvalue weighted by Crippen LogP contribution is -2.21. The number of amides is 1. The predicted molar refractivity (Wildman–Crippen MR) is 78.8 cm³/mol. The summed E-state index contributed by atoms with van der Waals surface area (Å²) in [5.41, 5.74) is -0.243. The normalized spacial score (nSPS) is 10.2. The van der Waals surface area contributed by atoms with E-state index in [0.717, 1.165) is 17.8 Å². The maximum absolute atomic E-state index is 13.4. The number of hydrogen-bond acceptors (Lipinski definition) is 7. The van der Waals surface area contributed by atoms with Gasteiger partial charge in [-0.3, -0.25) is 20.2 Å². The van der Waals surface area contributed by atoms with Crippen LogP contribution in [0.1, 0.15) is 16.1 Å². The van der Waals surface area contributed by atoms with Crippen LogP contribution < -0.4 is 5.32 Å². The number of carbonyl (C=O) groups is 2. The van der Waals surface area contributed by atoms with Crippen LogP contribution in [-0.4, -0.2) is 28.4 Å². The zero-order valence-electron chi connectivity index (χ0n) is 11.7. The monoisotopic (exact) mass is 339 g/mol. The minimum Gasteiger partial charge on any atom is -0.452 e. The van der Waals surface area contributed by atoms with E-state index in [1.165, 1.54) is 11.3 Å². The Kier molecular flexibility index (Phi) is 4.96. The average molecular weight is 339 g/mol. The van der Waals surface area contributed by atoms with Gasteiger partial charge < -0.3 is 4.74 Å². The van der Waals surface area contributed by atoms with Crippen LogP contribution in [0.4, 0.5) is 15.2 Å². The van der Waals surface area contributed by atoms with Gasteiger partial charge in [-0.05, 0) is 19.1 Å². The summed E-state index contributed by atoms with van der Waals surface area (Å²) < 4.78 is 18.1. The van der Waals surface area contributed by atoms with Crippen molar-refractivity contribution in [3.63, 3.8) is 0 Å². The smallest absolute Gasteiger partial charge is 0.338 e. The molecule has 0 bridgehead atoms. The fourth-order valence-electron chi connectivity index (χ4n) is 1.56. The molecule has 0 aliphatic rings. The molecule has 0 aliphatic heterocycles. The Bertz CT molecular complexity index is 777. The third-order valence-electron chi connectivity index (χ3n) is 2.58. The van der Waals surface area contributed by atoms with Crippen molar-refractivity contribution < 1.29 is 23.6 Å². The van der Waals surface area contributed by atoms with Gasteiger partial charge in [0.05, 0.1) is 16.2 Å². The van der Waals surface area contributed by atoms with Crippen molar-refractivity contribution in [3.8, 4) is 0 Å². The van der Waals surface area contributed by atoms with E-state index in [0.29, 0.717) is 11.2 Å². The number of nitro benzene ring substituents is 1. The topological polar surface area (TPSA) is 111 Å². The lowest BCUT2D eigenvalue weighted by Gasteiger charge is -2.05. The zero-order chi connectivity index (χ0) is 17.0. The molecule has 2 rings (SSSR count). The lowest BCUT2D eigenvalue weighted by molar-refractivity contribution is -0.387. The van der Waals surface area contributed by atoms with E-state index < -0.39 is 34.9 Å². The number of ether oxygens (including phenoxy) is 1.